The number of nitriles is 1. The molecule has 0 heterocycles. The first-order valence-corrected chi connectivity index (χ1v) is 11.1. The Balaban J connectivity index is 1.35. The summed E-state index contributed by atoms with van der Waals surface area (Å²) in [5, 5.41) is 41.9. The number of benzene rings is 3. The number of β-amino-alcohol motifs (C(OH)–C–C–N with tert-alkyl or cyclic N) is 1. The minimum absolute atomic E-state index is 0.0262. The lowest BCUT2D eigenvalue weighted by Gasteiger charge is -2.21. The fraction of sp³-hybridized carbons (Fsp3) is 0.259. The predicted octanol–water partition coefficient (Wildman–Crippen LogP) is 3.73. The van der Waals surface area contributed by atoms with Crippen molar-refractivity contribution in [1.29, 1.82) is 5.26 Å². The molecular formula is C27H26N2O5. The Morgan fingerprint density at radius 2 is 1.74 bits per heavy atom. The molecule has 34 heavy (non-hydrogen) atoms. The molecule has 4 N–H and O–H groups in total. The van der Waals surface area contributed by atoms with Gasteiger partial charge in [0, 0.05) is 12.1 Å². The lowest BCUT2D eigenvalue weighted by Crippen LogP contribution is -2.40. The summed E-state index contributed by atoms with van der Waals surface area (Å²) < 4.78 is 5.80. The number of nitrogens with zero attached hydrogens (tertiary/aromatic N) is 1. The van der Waals surface area contributed by atoms with Crippen molar-refractivity contribution in [3.63, 3.8) is 0 Å². The lowest BCUT2D eigenvalue weighted by molar-refractivity contribution is 0.0697. The summed E-state index contributed by atoms with van der Waals surface area (Å²) >= 11 is 0. The number of rotatable bonds is 10. The molecule has 174 valence electrons. The molecule has 7 nitrogen and oxygen atoms in total. The zero-order valence-electron chi connectivity index (χ0n) is 18.6. The number of nitrogens with one attached hydrogen (secondary N) is 1. The molecule has 7 heteroatoms. The van der Waals surface area contributed by atoms with Crippen molar-refractivity contribution in [2.24, 2.45) is 0 Å². The van der Waals surface area contributed by atoms with E-state index in [2.05, 4.69) is 11.4 Å². The van der Waals surface area contributed by atoms with Gasteiger partial charge in [-0.3, -0.25) is 0 Å². The summed E-state index contributed by atoms with van der Waals surface area (Å²) in [4.78, 5) is 11.1. The molecule has 1 aliphatic carbocycles. The van der Waals surface area contributed by atoms with Gasteiger partial charge in [-0.2, -0.15) is 5.26 Å². The third-order valence-corrected chi connectivity index (χ3v) is 6.04. The van der Waals surface area contributed by atoms with Crippen molar-refractivity contribution in [2.75, 3.05) is 13.2 Å². The Bertz CT molecular complexity index is 1200. The first kappa shape index (κ1) is 23.3. The standard InChI is InChI=1S/C27H26N2O5/c28-15-22-8-7-21(19-3-5-20(6-4-19)26(32)33)13-25(22)34-17-24(31)16-29-27(11-12-27)14-18-1-9-23(30)10-2-18/h1-10,13,24,29-31H,11-12,14,16-17H2,(H,32,33)/t24-/m1/s1. The summed E-state index contributed by atoms with van der Waals surface area (Å²) in [5.41, 5.74) is 3.22. The molecule has 3 aromatic rings. The highest BCUT2D eigenvalue weighted by atomic mass is 16.5. The number of hydrogen-bond donors (Lipinski definition) is 4. The number of phenolic OH excluding ortho intramolecular Hbond substituents is 1. The van der Waals surface area contributed by atoms with E-state index in [0.717, 1.165) is 36.0 Å². The van der Waals surface area contributed by atoms with Gasteiger partial charge in [0.25, 0.3) is 0 Å². The Morgan fingerprint density at radius 1 is 1.06 bits per heavy atom. The summed E-state index contributed by atoms with van der Waals surface area (Å²) in [6.07, 6.45) is 2.09. The average molecular weight is 459 g/mol. The van der Waals surface area contributed by atoms with E-state index in [1.54, 1.807) is 42.5 Å². The van der Waals surface area contributed by atoms with Crippen LogP contribution in [0.3, 0.4) is 0 Å². The van der Waals surface area contributed by atoms with E-state index >= 15 is 0 Å². The number of phenols is 1. The van der Waals surface area contributed by atoms with Gasteiger partial charge in [-0.25, -0.2) is 4.79 Å². The Hall–Kier alpha value is -3.86. The number of aromatic hydroxyl groups is 1. The average Bonchev–Trinajstić information content (AvgIpc) is 3.62. The van der Waals surface area contributed by atoms with Crippen molar-refractivity contribution in [3.8, 4) is 28.7 Å². The maximum Gasteiger partial charge on any atom is 0.335 e. The van der Waals surface area contributed by atoms with Gasteiger partial charge >= 0.3 is 5.97 Å². The summed E-state index contributed by atoms with van der Waals surface area (Å²) in [5.74, 6) is -0.382. The topological polar surface area (TPSA) is 123 Å². The molecule has 4 rings (SSSR count). The molecule has 0 spiro atoms. The van der Waals surface area contributed by atoms with Crippen LogP contribution in [0.1, 0.15) is 34.3 Å². The first-order chi connectivity index (χ1) is 16.4. The molecule has 1 aliphatic rings. The van der Waals surface area contributed by atoms with E-state index in [0.29, 0.717) is 17.9 Å². The Labute approximate surface area is 197 Å². The molecule has 0 unspecified atom stereocenters. The second kappa shape index (κ2) is 9.96. The van der Waals surface area contributed by atoms with E-state index in [1.807, 2.05) is 12.1 Å². The number of carbonyl (C=O) groups is 1. The van der Waals surface area contributed by atoms with Crippen molar-refractivity contribution in [2.45, 2.75) is 30.9 Å². The van der Waals surface area contributed by atoms with E-state index in [9.17, 15) is 20.3 Å². The number of hydrogen-bond acceptors (Lipinski definition) is 6. The fourth-order valence-electron chi connectivity index (χ4n) is 3.87. The van der Waals surface area contributed by atoms with Gasteiger partial charge in [0.1, 0.15) is 30.3 Å². The number of ether oxygens (including phenoxy) is 1. The quantitative estimate of drug-likeness (QED) is 0.365. The van der Waals surface area contributed by atoms with Crippen LogP contribution in [0.5, 0.6) is 11.5 Å². The van der Waals surface area contributed by atoms with Gasteiger partial charge in [0.15, 0.2) is 0 Å². The van der Waals surface area contributed by atoms with Crippen LogP contribution in [0.4, 0.5) is 0 Å². The Kier molecular flexibility index (Phi) is 6.82. The van der Waals surface area contributed by atoms with Crippen LogP contribution in [-0.2, 0) is 6.42 Å². The Morgan fingerprint density at radius 3 is 2.35 bits per heavy atom. The van der Waals surface area contributed by atoms with Crippen molar-refractivity contribution in [1.82, 2.24) is 5.32 Å². The normalized spacial score (nSPS) is 14.7. The largest absolute Gasteiger partial charge is 0.508 e. The van der Waals surface area contributed by atoms with Crippen molar-refractivity contribution >= 4 is 5.97 Å². The van der Waals surface area contributed by atoms with Crippen LogP contribution in [-0.4, -0.2) is 46.1 Å². The number of aliphatic hydroxyl groups excluding tert-OH is 1. The molecule has 0 aliphatic heterocycles. The van der Waals surface area contributed by atoms with Gasteiger partial charge in [-0.15, -0.1) is 0 Å². The third kappa shape index (κ3) is 5.73. The molecule has 3 aromatic carbocycles. The van der Waals surface area contributed by atoms with Crippen LogP contribution in [0, 0.1) is 11.3 Å². The summed E-state index contributed by atoms with van der Waals surface area (Å²) in [6, 6.07) is 20.9. The molecule has 1 fully saturated rings. The smallest absolute Gasteiger partial charge is 0.335 e. The second-order valence-corrected chi connectivity index (χ2v) is 8.67. The predicted molar refractivity (Wildman–Crippen MR) is 127 cm³/mol. The van der Waals surface area contributed by atoms with E-state index in [4.69, 9.17) is 9.84 Å². The van der Waals surface area contributed by atoms with Crippen LogP contribution in [0.25, 0.3) is 11.1 Å². The summed E-state index contributed by atoms with van der Waals surface area (Å²) in [6.45, 7) is 0.384. The molecule has 0 amide bonds. The van der Waals surface area contributed by atoms with Gasteiger partial charge in [0.05, 0.1) is 11.1 Å². The lowest BCUT2D eigenvalue weighted by atomic mass is 10.0. The molecule has 1 saturated carbocycles. The van der Waals surface area contributed by atoms with Gasteiger partial charge in [-0.1, -0.05) is 30.3 Å². The van der Waals surface area contributed by atoms with Crippen LogP contribution in [0.15, 0.2) is 66.7 Å². The minimum atomic E-state index is -0.992. The van der Waals surface area contributed by atoms with E-state index in [-0.39, 0.29) is 23.5 Å². The number of carboxylic acid groups (broad SMARTS) is 1. The first-order valence-electron chi connectivity index (χ1n) is 11.1. The van der Waals surface area contributed by atoms with Crippen LogP contribution in [0.2, 0.25) is 0 Å². The van der Waals surface area contributed by atoms with E-state index in [1.165, 1.54) is 12.1 Å². The molecule has 1 atom stereocenters. The highest BCUT2D eigenvalue weighted by molar-refractivity contribution is 5.88. The van der Waals surface area contributed by atoms with Crippen LogP contribution >= 0.6 is 0 Å². The van der Waals surface area contributed by atoms with Gasteiger partial charge in [0.2, 0.25) is 0 Å². The van der Waals surface area contributed by atoms with Crippen LogP contribution < -0.4 is 10.1 Å². The van der Waals surface area contributed by atoms with Gasteiger partial charge in [-0.05, 0) is 72.4 Å². The zero-order chi connectivity index (χ0) is 24.1. The number of aromatic carboxylic acids is 1. The second-order valence-electron chi connectivity index (χ2n) is 8.67. The molecule has 0 aromatic heterocycles. The summed E-state index contributed by atoms with van der Waals surface area (Å²) in [7, 11) is 0. The maximum absolute atomic E-state index is 11.1. The molecular weight excluding hydrogens is 432 g/mol. The minimum Gasteiger partial charge on any atom is -0.508 e. The zero-order valence-corrected chi connectivity index (χ0v) is 18.6. The molecule has 0 bridgehead atoms. The van der Waals surface area contributed by atoms with Crippen molar-refractivity contribution in [3.05, 3.63) is 83.4 Å². The van der Waals surface area contributed by atoms with Gasteiger partial charge < -0.3 is 25.4 Å². The van der Waals surface area contributed by atoms with E-state index < -0.39 is 12.1 Å². The molecule has 0 saturated heterocycles. The maximum atomic E-state index is 11.1. The SMILES string of the molecule is N#Cc1ccc(-c2ccc(C(=O)O)cc2)cc1OC[C@H](O)CNC1(Cc2ccc(O)cc2)CC1. The van der Waals surface area contributed by atoms with Crippen molar-refractivity contribution < 1.29 is 24.9 Å². The number of aliphatic hydroxyl groups is 1. The number of carboxylic acids is 1. The molecule has 0 radical (unpaired) electrons. The monoisotopic (exact) mass is 458 g/mol. The highest BCUT2D eigenvalue weighted by Crippen LogP contribution is 2.38. The highest BCUT2D eigenvalue weighted by Gasteiger charge is 2.42. The fourth-order valence-corrected chi connectivity index (χ4v) is 3.87. The third-order valence-electron chi connectivity index (χ3n) is 6.04.